The van der Waals surface area contributed by atoms with E-state index in [2.05, 4.69) is 38.1 Å². The molecule has 1 atom stereocenters. The van der Waals surface area contributed by atoms with Gasteiger partial charge in [0.2, 0.25) is 0 Å². The van der Waals surface area contributed by atoms with Crippen LogP contribution >= 0.6 is 0 Å². The van der Waals surface area contributed by atoms with Crippen molar-refractivity contribution in [1.29, 1.82) is 0 Å². The molecule has 0 saturated carbocycles. The topological polar surface area (TPSA) is 66.8 Å². The zero-order valence-electron chi connectivity index (χ0n) is 16.2. The number of piperidine rings is 1. The van der Waals surface area contributed by atoms with Crippen molar-refractivity contribution < 1.29 is 19.4 Å². The Labute approximate surface area is 164 Å². The van der Waals surface area contributed by atoms with Crippen LogP contribution in [0.2, 0.25) is 0 Å². The van der Waals surface area contributed by atoms with Crippen LogP contribution in [-0.2, 0) is 9.53 Å². The van der Waals surface area contributed by atoms with E-state index in [0.29, 0.717) is 13.0 Å². The highest BCUT2D eigenvalue weighted by atomic mass is 16.6. The molecule has 1 amide bonds. The van der Waals surface area contributed by atoms with Gasteiger partial charge in [0.25, 0.3) is 0 Å². The molecule has 1 aliphatic heterocycles. The lowest BCUT2D eigenvalue weighted by molar-refractivity contribution is -0.145. The molecule has 0 aromatic heterocycles. The molecule has 2 aromatic rings. The minimum Gasteiger partial charge on any atom is -0.480 e. The first-order chi connectivity index (χ1) is 13.4. The summed E-state index contributed by atoms with van der Waals surface area (Å²) in [6.07, 6.45) is 0.686. The molecule has 4 rings (SSSR count). The molecule has 1 aliphatic carbocycles. The van der Waals surface area contributed by atoms with E-state index in [-0.39, 0.29) is 17.9 Å². The molecule has 1 unspecified atom stereocenters. The number of fused-ring (bicyclic) bond motifs is 3. The molecule has 2 aliphatic rings. The fourth-order valence-corrected chi connectivity index (χ4v) is 4.46. The van der Waals surface area contributed by atoms with E-state index in [9.17, 15) is 14.7 Å². The van der Waals surface area contributed by atoms with E-state index in [0.717, 1.165) is 17.5 Å². The van der Waals surface area contributed by atoms with Crippen molar-refractivity contribution in [3.63, 3.8) is 0 Å². The predicted molar refractivity (Wildman–Crippen MR) is 106 cm³/mol. The molecule has 2 aromatic carbocycles. The summed E-state index contributed by atoms with van der Waals surface area (Å²) in [5, 5.41) is 9.52. The number of rotatable bonds is 3. The van der Waals surface area contributed by atoms with Crippen molar-refractivity contribution >= 4 is 12.1 Å². The van der Waals surface area contributed by atoms with Gasteiger partial charge < -0.3 is 9.84 Å². The monoisotopic (exact) mass is 379 g/mol. The first-order valence-electron chi connectivity index (χ1n) is 9.72. The second kappa shape index (κ2) is 6.97. The Bertz CT molecular complexity index is 875. The lowest BCUT2D eigenvalue weighted by Crippen LogP contribution is -2.53. The summed E-state index contributed by atoms with van der Waals surface area (Å²) in [7, 11) is 0. The van der Waals surface area contributed by atoms with Gasteiger partial charge in [-0.25, -0.2) is 9.59 Å². The van der Waals surface area contributed by atoms with E-state index in [1.807, 2.05) is 24.3 Å². The highest BCUT2D eigenvalue weighted by Crippen LogP contribution is 2.44. The summed E-state index contributed by atoms with van der Waals surface area (Å²) >= 11 is 0. The molecule has 0 bridgehead atoms. The predicted octanol–water partition coefficient (Wildman–Crippen LogP) is 4.51. The zero-order valence-corrected chi connectivity index (χ0v) is 16.2. The third-order valence-electron chi connectivity index (χ3n) is 5.92. The van der Waals surface area contributed by atoms with Crippen LogP contribution in [0.5, 0.6) is 0 Å². The number of amides is 1. The summed E-state index contributed by atoms with van der Waals surface area (Å²) in [5.74, 6) is -0.999. The average Bonchev–Trinajstić information content (AvgIpc) is 2.99. The molecule has 0 spiro atoms. The van der Waals surface area contributed by atoms with Crippen molar-refractivity contribution in [3.8, 4) is 11.1 Å². The van der Waals surface area contributed by atoms with Gasteiger partial charge in [-0.1, -0.05) is 62.4 Å². The maximum Gasteiger partial charge on any atom is 0.410 e. The number of likely N-dealkylation sites (tertiary alicyclic amines) is 1. The summed E-state index contributed by atoms with van der Waals surface area (Å²) in [5.41, 5.74) is 4.51. The van der Waals surface area contributed by atoms with Gasteiger partial charge in [-0.15, -0.1) is 0 Å². The SMILES string of the molecule is CC1(C)CCC(C(=O)O)N(C(=O)OCC2c3ccccc3-c3ccccc32)C1. The lowest BCUT2D eigenvalue weighted by Gasteiger charge is -2.41. The quantitative estimate of drug-likeness (QED) is 0.852. The van der Waals surface area contributed by atoms with Crippen molar-refractivity contribution in [2.45, 2.75) is 38.6 Å². The highest BCUT2D eigenvalue weighted by Gasteiger charge is 2.40. The minimum atomic E-state index is -0.969. The average molecular weight is 379 g/mol. The number of benzene rings is 2. The van der Waals surface area contributed by atoms with Gasteiger partial charge in [0.15, 0.2) is 0 Å². The molecule has 0 radical (unpaired) electrons. The number of carbonyl (C=O) groups excluding carboxylic acids is 1. The number of hydrogen-bond donors (Lipinski definition) is 1. The van der Waals surface area contributed by atoms with Crippen LogP contribution in [0.4, 0.5) is 4.79 Å². The molecular weight excluding hydrogens is 354 g/mol. The Morgan fingerprint density at radius 2 is 1.64 bits per heavy atom. The van der Waals surface area contributed by atoms with Crippen LogP contribution < -0.4 is 0 Å². The third-order valence-corrected chi connectivity index (χ3v) is 5.92. The number of carboxylic acids is 1. The van der Waals surface area contributed by atoms with Gasteiger partial charge in [0.05, 0.1) is 0 Å². The number of hydrogen-bond acceptors (Lipinski definition) is 3. The van der Waals surface area contributed by atoms with E-state index in [1.54, 1.807) is 0 Å². The van der Waals surface area contributed by atoms with Crippen molar-refractivity contribution in [1.82, 2.24) is 4.90 Å². The number of aliphatic carboxylic acids is 1. The van der Waals surface area contributed by atoms with Gasteiger partial charge in [0, 0.05) is 12.5 Å². The fraction of sp³-hybridized carbons (Fsp3) is 0.391. The van der Waals surface area contributed by atoms with E-state index < -0.39 is 18.1 Å². The number of ether oxygens (including phenoxy) is 1. The minimum absolute atomic E-state index is 0.0302. The molecule has 1 fully saturated rings. The van der Waals surface area contributed by atoms with Crippen LogP contribution in [0.3, 0.4) is 0 Å². The second-order valence-electron chi connectivity index (χ2n) is 8.49. The van der Waals surface area contributed by atoms with Gasteiger partial charge in [-0.3, -0.25) is 4.90 Å². The summed E-state index contributed by atoms with van der Waals surface area (Å²) in [6.45, 7) is 4.69. The Balaban J connectivity index is 1.54. The van der Waals surface area contributed by atoms with Crippen LogP contribution in [0.25, 0.3) is 11.1 Å². The molecule has 28 heavy (non-hydrogen) atoms. The fourth-order valence-electron chi connectivity index (χ4n) is 4.46. The normalized spacial score (nSPS) is 20.4. The molecular formula is C23H25NO4. The molecule has 1 heterocycles. The highest BCUT2D eigenvalue weighted by molar-refractivity contribution is 5.81. The smallest absolute Gasteiger partial charge is 0.410 e. The van der Waals surface area contributed by atoms with E-state index >= 15 is 0 Å². The number of carboxylic acid groups (broad SMARTS) is 1. The van der Waals surface area contributed by atoms with Crippen LogP contribution in [-0.4, -0.2) is 41.3 Å². The number of nitrogens with zero attached hydrogens (tertiary/aromatic N) is 1. The van der Waals surface area contributed by atoms with Crippen molar-refractivity contribution in [2.75, 3.05) is 13.2 Å². The Morgan fingerprint density at radius 3 is 2.21 bits per heavy atom. The Hall–Kier alpha value is -2.82. The summed E-state index contributed by atoms with van der Waals surface area (Å²) < 4.78 is 5.68. The first kappa shape index (κ1) is 18.5. The molecule has 5 nitrogen and oxygen atoms in total. The van der Waals surface area contributed by atoms with E-state index in [1.165, 1.54) is 16.0 Å². The number of carbonyl (C=O) groups is 2. The van der Waals surface area contributed by atoms with Gasteiger partial charge in [-0.05, 0) is 40.5 Å². The van der Waals surface area contributed by atoms with Crippen molar-refractivity contribution in [3.05, 3.63) is 59.7 Å². The molecule has 1 saturated heterocycles. The van der Waals surface area contributed by atoms with Crippen LogP contribution in [0.15, 0.2) is 48.5 Å². The largest absolute Gasteiger partial charge is 0.480 e. The Kier molecular flexibility index (Phi) is 4.61. The summed E-state index contributed by atoms with van der Waals surface area (Å²) in [4.78, 5) is 25.8. The van der Waals surface area contributed by atoms with Crippen LogP contribution in [0.1, 0.15) is 43.7 Å². The first-order valence-corrected chi connectivity index (χ1v) is 9.72. The standard InChI is InChI=1S/C23H25NO4/c1-23(2)12-11-20(21(25)26)24(14-23)22(27)28-13-19-17-9-5-3-7-15(17)16-8-4-6-10-18(16)19/h3-10,19-20H,11-14H2,1-2H3,(H,25,26). The van der Waals surface area contributed by atoms with E-state index in [4.69, 9.17) is 4.74 Å². The van der Waals surface area contributed by atoms with Crippen molar-refractivity contribution in [2.24, 2.45) is 5.41 Å². The van der Waals surface area contributed by atoms with Crippen LogP contribution in [0, 0.1) is 5.41 Å². The van der Waals surface area contributed by atoms with Gasteiger partial charge in [-0.2, -0.15) is 0 Å². The lowest BCUT2D eigenvalue weighted by atomic mass is 9.81. The third kappa shape index (κ3) is 3.26. The molecule has 146 valence electrons. The summed E-state index contributed by atoms with van der Waals surface area (Å²) in [6, 6.07) is 15.5. The van der Waals surface area contributed by atoms with Gasteiger partial charge in [0.1, 0.15) is 12.6 Å². The maximum absolute atomic E-state index is 12.8. The van der Waals surface area contributed by atoms with Gasteiger partial charge >= 0.3 is 12.1 Å². The Morgan fingerprint density at radius 1 is 1.07 bits per heavy atom. The molecule has 1 N–H and O–H groups in total. The zero-order chi connectivity index (χ0) is 19.9. The second-order valence-corrected chi connectivity index (χ2v) is 8.49. The maximum atomic E-state index is 12.8. The molecule has 5 heteroatoms.